The number of ether oxygens (including phenoxy) is 2. The molecule has 0 radical (unpaired) electrons. The fraction of sp³-hybridized carbons (Fsp3) is 0.375. The Hall–Kier alpha value is -3.22. The van der Waals surface area contributed by atoms with Crippen molar-refractivity contribution in [2.24, 2.45) is 11.8 Å². The molecule has 1 fully saturated rings. The van der Waals surface area contributed by atoms with E-state index in [0.29, 0.717) is 19.3 Å². The van der Waals surface area contributed by atoms with E-state index >= 15 is 0 Å². The predicted octanol–water partition coefficient (Wildman–Crippen LogP) is 5.26. The molecule has 1 aliphatic rings. The van der Waals surface area contributed by atoms with Gasteiger partial charge in [-0.25, -0.2) is 0 Å². The number of rotatable bonds is 8. The molecule has 200 valence electrons. The van der Waals surface area contributed by atoms with Crippen molar-refractivity contribution in [2.75, 3.05) is 7.11 Å². The third kappa shape index (κ3) is 5.92. The highest BCUT2D eigenvalue weighted by molar-refractivity contribution is 6.99. The van der Waals surface area contributed by atoms with Gasteiger partial charge in [-0.15, -0.1) is 0 Å². The molecule has 5 nitrogen and oxygen atoms in total. The summed E-state index contributed by atoms with van der Waals surface area (Å²) in [6.45, 7) is 6.89. The smallest absolute Gasteiger partial charge is 0.310 e. The quantitative estimate of drug-likeness (QED) is 0.294. The van der Waals surface area contributed by atoms with Crippen molar-refractivity contribution in [3.05, 3.63) is 96.6 Å². The number of methoxy groups -OCH3 is 1. The topological polar surface area (TPSA) is 61.8 Å². The molecule has 3 aromatic rings. The minimum atomic E-state index is -2.80. The molecule has 0 bridgehead atoms. The zero-order valence-electron chi connectivity index (χ0n) is 22.8. The Morgan fingerprint density at radius 2 is 1.29 bits per heavy atom. The summed E-state index contributed by atoms with van der Waals surface area (Å²) in [6, 6.07) is 30.5. The monoisotopic (exact) mass is 530 g/mol. The highest BCUT2D eigenvalue weighted by Gasteiger charge is 2.53. The van der Waals surface area contributed by atoms with E-state index in [4.69, 9.17) is 13.9 Å². The molecule has 38 heavy (non-hydrogen) atoms. The molecule has 0 saturated heterocycles. The van der Waals surface area contributed by atoms with Crippen molar-refractivity contribution in [1.82, 2.24) is 0 Å². The summed E-state index contributed by atoms with van der Waals surface area (Å²) in [5, 5.41) is 2.20. The number of benzene rings is 3. The van der Waals surface area contributed by atoms with E-state index in [1.165, 1.54) is 17.5 Å². The Labute approximate surface area is 227 Å². The highest BCUT2D eigenvalue weighted by atomic mass is 28.4. The van der Waals surface area contributed by atoms with Crippen molar-refractivity contribution < 1.29 is 23.5 Å². The molecule has 1 aliphatic carbocycles. The summed E-state index contributed by atoms with van der Waals surface area (Å²) >= 11 is 0. The van der Waals surface area contributed by atoms with Crippen LogP contribution < -0.4 is 10.4 Å². The van der Waals surface area contributed by atoms with Gasteiger partial charge in [0.15, 0.2) is 0 Å². The first kappa shape index (κ1) is 27.8. The van der Waals surface area contributed by atoms with Crippen molar-refractivity contribution >= 4 is 30.6 Å². The van der Waals surface area contributed by atoms with E-state index in [2.05, 4.69) is 69.3 Å². The van der Waals surface area contributed by atoms with Crippen LogP contribution in [-0.2, 0) is 30.1 Å². The van der Waals surface area contributed by atoms with Gasteiger partial charge in [-0.05, 0) is 40.2 Å². The second kappa shape index (κ2) is 12.1. The molecule has 0 spiro atoms. The molecule has 3 aromatic carbocycles. The SMILES string of the molecule is COC(=O)[C@@H]1CC[C@@H](O[Si](c2ccccc2)(c2ccccc2)C(C)(C)C)C[C@H]1C(=O)OCc1ccccc1. The van der Waals surface area contributed by atoms with Crippen LogP contribution in [0.1, 0.15) is 45.6 Å². The van der Waals surface area contributed by atoms with Gasteiger partial charge in [0, 0.05) is 6.10 Å². The molecular formula is C32H38O5Si. The molecule has 6 heteroatoms. The molecule has 0 N–H and O–H groups in total. The van der Waals surface area contributed by atoms with Crippen LogP contribution in [0.4, 0.5) is 0 Å². The highest BCUT2D eigenvalue weighted by Crippen LogP contribution is 2.41. The molecule has 0 aromatic heterocycles. The van der Waals surface area contributed by atoms with E-state index in [-0.39, 0.29) is 29.7 Å². The maximum absolute atomic E-state index is 13.4. The minimum absolute atomic E-state index is 0.171. The molecular weight excluding hydrogens is 492 g/mol. The lowest BCUT2D eigenvalue weighted by Crippen LogP contribution is -2.68. The largest absolute Gasteiger partial charge is 0.469 e. The maximum atomic E-state index is 13.4. The van der Waals surface area contributed by atoms with Crippen LogP contribution >= 0.6 is 0 Å². The van der Waals surface area contributed by atoms with Gasteiger partial charge in [0.05, 0.1) is 18.9 Å². The van der Waals surface area contributed by atoms with Gasteiger partial charge in [-0.1, -0.05) is 112 Å². The standard InChI is InChI=1S/C32H38O5Si/c1-32(2,3)38(26-16-10-6-11-17-26,27-18-12-7-13-19-27)37-25-20-21-28(30(33)35-4)29(22-25)31(34)36-23-24-14-8-5-9-15-24/h5-19,25,28-29H,20-23H2,1-4H3/t25-,28-,29-/m1/s1. The van der Waals surface area contributed by atoms with Crippen LogP contribution in [-0.4, -0.2) is 33.5 Å². The Morgan fingerprint density at radius 3 is 1.79 bits per heavy atom. The van der Waals surface area contributed by atoms with Crippen molar-refractivity contribution in [3.8, 4) is 0 Å². The molecule has 3 atom stereocenters. The lowest BCUT2D eigenvalue weighted by molar-refractivity contribution is -0.164. The van der Waals surface area contributed by atoms with Crippen molar-refractivity contribution in [2.45, 2.75) is 57.8 Å². The Kier molecular flexibility index (Phi) is 8.85. The lowest BCUT2D eigenvalue weighted by atomic mass is 9.78. The van der Waals surface area contributed by atoms with Crippen LogP contribution in [0, 0.1) is 11.8 Å². The molecule has 1 saturated carbocycles. The van der Waals surface area contributed by atoms with Gasteiger partial charge in [0.1, 0.15) is 6.61 Å². The average Bonchev–Trinajstić information content (AvgIpc) is 2.95. The average molecular weight is 531 g/mol. The number of esters is 2. The van der Waals surface area contributed by atoms with Crippen LogP contribution in [0.15, 0.2) is 91.0 Å². The number of carbonyl (C=O) groups is 2. The molecule has 0 aliphatic heterocycles. The number of carbonyl (C=O) groups excluding carboxylic acids is 2. The van der Waals surface area contributed by atoms with E-state index in [1.54, 1.807) is 0 Å². The predicted molar refractivity (Wildman–Crippen MR) is 152 cm³/mol. The summed E-state index contributed by atoms with van der Waals surface area (Å²) in [5.41, 5.74) is 0.909. The van der Waals surface area contributed by atoms with Crippen molar-refractivity contribution in [3.63, 3.8) is 0 Å². The zero-order chi connectivity index (χ0) is 27.2. The van der Waals surface area contributed by atoms with E-state index in [9.17, 15) is 9.59 Å². The number of hydrogen-bond donors (Lipinski definition) is 0. The third-order valence-electron chi connectivity index (χ3n) is 7.59. The summed E-state index contributed by atoms with van der Waals surface area (Å²) in [7, 11) is -1.42. The van der Waals surface area contributed by atoms with Crippen LogP contribution in [0.5, 0.6) is 0 Å². The Balaban J connectivity index is 1.65. The zero-order valence-corrected chi connectivity index (χ0v) is 23.8. The molecule has 0 heterocycles. The Morgan fingerprint density at radius 1 is 0.763 bits per heavy atom. The maximum Gasteiger partial charge on any atom is 0.310 e. The summed E-state index contributed by atoms with van der Waals surface area (Å²) in [5.74, 6) is -1.90. The minimum Gasteiger partial charge on any atom is -0.469 e. The molecule has 4 rings (SSSR count). The lowest BCUT2D eigenvalue weighted by Gasteiger charge is -2.47. The summed E-state index contributed by atoms with van der Waals surface area (Å²) < 4.78 is 18.1. The fourth-order valence-electron chi connectivity index (χ4n) is 5.71. The molecule has 0 amide bonds. The Bertz CT molecular complexity index is 1150. The van der Waals surface area contributed by atoms with Gasteiger partial charge in [-0.3, -0.25) is 9.59 Å². The van der Waals surface area contributed by atoms with Crippen LogP contribution in [0.3, 0.4) is 0 Å². The summed E-state index contributed by atoms with van der Waals surface area (Å²) in [4.78, 5) is 26.1. The van der Waals surface area contributed by atoms with Gasteiger partial charge >= 0.3 is 11.9 Å². The van der Waals surface area contributed by atoms with Gasteiger partial charge < -0.3 is 13.9 Å². The van der Waals surface area contributed by atoms with Gasteiger partial charge in [0.2, 0.25) is 0 Å². The third-order valence-corrected chi connectivity index (χ3v) is 12.7. The second-order valence-corrected chi connectivity index (χ2v) is 15.3. The van der Waals surface area contributed by atoms with E-state index < -0.39 is 20.2 Å². The van der Waals surface area contributed by atoms with E-state index in [1.807, 2.05) is 42.5 Å². The van der Waals surface area contributed by atoms with E-state index in [0.717, 1.165) is 5.56 Å². The second-order valence-electron chi connectivity index (χ2n) is 11.0. The fourth-order valence-corrected chi connectivity index (χ4v) is 10.4. The summed E-state index contributed by atoms with van der Waals surface area (Å²) in [6.07, 6.45) is 1.40. The van der Waals surface area contributed by atoms with Crippen molar-refractivity contribution in [1.29, 1.82) is 0 Å². The van der Waals surface area contributed by atoms with Gasteiger partial charge in [0.25, 0.3) is 8.32 Å². The first-order chi connectivity index (χ1) is 18.3. The first-order valence-electron chi connectivity index (χ1n) is 13.3. The first-order valence-corrected chi connectivity index (χ1v) is 15.2. The van der Waals surface area contributed by atoms with Crippen LogP contribution in [0.25, 0.3) is 0 Å². The normalized spacial score (nSPS) is 19.9. The van der Waals surface area contributed by atoms with Crippen LogP contribution in [0.2, 0.25) is 5.04 Å². The van der Waals surface area contributed by atoms with Gasteiger partial charge in [-0.2, -0.15) is 0 Å². The number of hydrogen-bond acceptors (Lipinski definition) is 5. The molecule has 0 unspecified atom stereocenters.